The summed E-state index contributed by atoms with van der Waals surface area (Å²) in [4.78, 5) is 14.2. The monoisotopic (exact) mass is 326 g/mol. The summed E-state index contributed by atoms with van der Waals surface area (Å²) in [6.07, 6.45) is 4.52. The molecule has 24 heavy (non-hydrogen) atoms. The molecular formula is C19H22N2O3. The Hall–Kier alpha value is -2.40. The van der Waals surface area contributed by atoms with Gasteiger partial charge < -0.3 is 14.8 Å². The zero-order chi connectivity index (χ0) is 16.9. The van der Waals surface area contributed by atoms with Gasteiger partial charge in [0.25, 0.3) is 5.91 Å². The molecule has 1 amide bonds. The molecular weight excluding hydrogens is 304 g/mol. The molecule has 0 atom stereocenters. The van der Waals surface area contributed by atoms with E-state index in [2.05, 4.69) is 19.1 Å². The van der Waals surface area contributed by atoms with Gasteiger partial charge in [-0.2, -0.15) is 4.73 Å². The summed E-state index contributed by atoms with van der Waals surface area (Å²) < 4.78 is 6.67. The number of benzene rings is 1. The number of likely N-dealkylation sites (tertiary alicyclic amines) is 1. The second-order valence-electron chi connectivity index (χ2n) is 6.18. The Labute approximate surface area is 142 Å². The highest BCUT2D eigenvalue weighted by atomic mass is 16.5. The molecule has 0 N–H and O–H groups in total. The molecule has 126 valence electrons. The molecule has 0 bridgehead atoms. The van der Waals surface area contributed by atoms with E-state index in [0.717, 1.165) is 12.8 Å². The summed E-state index contributed by atoms with van der Waals surface area (Å²) in [6.45, 7) is 4.01. The van der Waals surface area contributed by atoms with Gasteiger partial charge >= 0.3 is 0 Å². The normalized spacial score (nSPS) is 15.5. The number of piperidine rings is 1. The van der Waals surface area contributed by atoms with E-state index in [1.54, 1.807) is 17.0 Å². The molecule has 0 unspecified atom stereocenters. The van der Waals surface area contributed by atoms with Gasteiger partial charge in [0.1, 0.15) is 5.56 Å². The second-order valence-corrected chi connectivity index (χ2v) is 6.18. The number of carbonyl (C=O) groups excluding carboxylic acids is 1. The third-order valence-electron chi connectivity index (χ3n) is 4.49. The van der Waals surface area contributed by atoms with Crippen molar-refractivity contribution >= 4 is 5.91 Å². The number of carbonyl (C=O) groups is 1. The van der Waals surface area contributed by atoms with Crippen LogP contribution in [0.2, 0.25) is 0 Å². The molecule has 0 saturated carbocycles. The van der Waals surface area contributed by atoms with Crippen molar-refractivity contribution in [2.45, 2.75) is 32.5 Å². The fourth-order valence-corrected chi connectivity index (χ4v) is 2.97. The largest absolute Gasteiger partial charge is 0.619 e. The van der Waals surface area contributed by atoms with E-state index in [4.69, 9.17) is 4.74 Å². The van der Waals surface area contributed by atoms with E-state index < -0.39 is 0 Å². The average molecular weight is 326 g/mol. The summed E-state index contributed by atoms with van der Waals surface area (Å²) in [7, 11) is 0. The maximum absolute atomic E-state index is 12.4. The fourth-order valence-electron chi connectivity index (χ4n) is 2.97. The summed E-state index contributed by atoms with van der Waals surface area (Å²) >= 11 is 0. The summed E-state index contributed by atoms with van der Waals surface area (Å²) in [5.74, 6) is -0.0856. The van der Waals surface area contributed by atoms with Crippen molar-refractivity contribution in [2.24, 2.45) is 0 Å². The van der Waals surface area contributed by atoms with E-state index in [1.165, 1.54) is 23.5 Å². The highest BCUT2D eigenvalue weighted by Gasteiger charge is 2.25. The first-order valence-electron chi connectivity index (χ1n) is 8.27. The number of rotatable bonds is 4. The van der Waals surface area contributed by atoms with Gasteiger partial charge in [-0.1, -0.05) is 24.3 Å². The second kappa shape index (κ2) is 7.45. The third-order valence-corrected chi connectivity index (χ3v) is 4.49. The standard InChI is InChI=1S/C19H22N2O3/c1-15-5-2-3-6-17(15)14-24-18-8-11-20(12-9-18)19(22)16-7-4-10-21(23)13-16/h2-7,10,13,18H,8-9,11-12,14H2,1H3. The predicted molar refractivity (Wildman–Crippen MR) is 90.3 cm³/mol. The van der Waals surface area contributed by atoms with Crippen molar-refractivity contribution in [1.29, 1.82) is 0 Å². The van der Waals surface area contributed by atoms with Crippen molar-refractivity contribution in [3.8, 4) is 0 Å². The molecule has 1 aromatic heterocycles. The number of amides is 1. The molecule has 0 spiro atoms. The Morgan fingerprint density at radius 3 is 2.71 bits per heavy atom. The van der Waals surface area contributed by atoms with Crippen molar-refractivity contribution in [2.75, 3.05) is 13.1 Å². The van der Waals surface area contributed by atoms with E-state index in [1.807, 2.05) is 12.1 Å². The third kappa shape index (κ3) is 3.92. The number of ether oxygens (including phenoxy) is 1. The van der Waals surface area contributed by atoms with Crippen LogP contribution in [0.4, 0.5) is 0 Å². The van der Waals surface area contributed by atoms with Gasteiger partial charge in [0.05, 0.1) is 12.7 Å². The smallest absolute Gasteiger partial charge is 0.259 e. The topological polar surface area (TPSA) is 56.5 Å². The number of pyridine rings is 1. The van der Waals surface area contributed by atoms with Crippen LogP contribution in [0.1, 0.15) is 34.3 Å². The van der Waals surface area contributed by atoms with Crippen LogP contribution >= 0.6 is 0 Å². The first kappa shape index (κ1) is 16.5. The molecule has 1 aliphatic rings. The molecule has 5 nitrogen and oxygen atoms in total. The highest BCUT2D eigenvalue weighted by Crippen LogP contribution is 2.18. The zero-order valence-electron chi connectivity index (χ0n) is 13.9. The van der Waals surface area contributed by atoms with E-state index in [-0.39, 0.29) is 12.0 Å². The average Bonchev–Trinajstić information content (AvgIpc) is 2.61. The van der Waals surface area contributed by atoms with Gasteiger partial charge in [-0.3, -0.25) is 4.79 Å². The number of hydrogen-bond donors (Lipinski definition) is 0. The minimum atomic E-state index is -0.0856. The van der Waals surface area contributed by atoms with Crippen LogP contribution < -0.4 is 4.73 Å². The Morgan fingerprint density at radius 2 is 2.00 bits per heavy atom. The number of hydrogen-bond acceptors (Lipinski definition) is 3. The number of nitrogens with zero attached hydrogens (tertiary/aromatic N) is 2. The van der Waals surface area contributed by atoms with Gasteiger partial charge in [-0.25, -0.2) is 0 Å². The predicted octanol–water partition coefficient (Wildman–Crippen LogP) is 2.45. The van der Waals surface area contributed by atoms with Crippen molar-refractivity contribution in [3.05, 3.63) is 70.7 Å². The first-order chi connectivity index (χ1) is 11.6. The van der Waals surface area contributed by atoms with E-state index in [9.17, 15) is 10.0 Å². The van der Waals surface area contributed by atoms with Gasteiger partial charge in [-0.05, 0) is 37.0 Å². The molecule has 0 aliphatic carbocycles. The lowest BCUT2D eigenvalue weighted by atomic mass is 10.1. The van der Waals surface area contributed by atoms with Crippen LogP contribution in [0, 0.1) is 12.1 Å². The minimum Gasteiger partial charge on any atom is -0.619 e. The minimum absolute atomic E-state index is 0.0856. The molecule has 3 rings (SSSR count). The van der Waals surface area contributed by atoms with E-state index in [0.29, 0.717) is 30.0 Å². The van der Waals surface area contributed by atoms with Crippen molar-refractivity contribution in [1.82, 2.24) is 4.90 Å². The fraction of sp³-hybridized carbons (Fsp3) is 0.368. The molecule has 2 aromatic rings. The Bertz CT molecular complexity index is 709. The maximum atomic E-state index is 12.4. The van der Waals surface area contributed by atoms with E-state index >= 15 is 0 Å². The van der Waals surface area contributed by atoms with Crippen LogP contribution in [0.3, 0.4) is 0 Å². The van der Waals surface area contributed by atoms with Gasteiger partial charge in [0.2, 0.25) is 0 Å². The van der Waals surface area contributed by atoms with Crippen molar-refractivity contribution in [3.63, 3.8) is 0 Å². The van der Waals surface area contributed by atoms with Gasteiger partial charge in [0, 0.05) is 19.2 Å². The quantitative estimate of drug-likeness (QED) is 0.640. The Morgan fingerprint density at radius 1 is 1.25 bits per heavy atom. The number of aryl methyl sites for hydroxylation is 1. The van der Waals surface area contributed by atoms with Crippen LogP contribution in [-0.4, -0.2) is 30.0 Å². The van der Waals surface area contributed by atoms with Crippen LogP contribution in [0.25, 0.3) is 0 Å². The lowest BCUT2D eigenvalue weighted by Crippen LogP contribution is -2.41. The molecule has 1 fully saturated rings. The first-order valence-corrected chi connectivity index (χ1v) is 8.27. The van der Waals surface area contributed by atoms with Gasteiger partial charge in [-0.15, -0.1) is 0 Å². The van der Waals surface area contributed by atoms with Crippen molar-refractivity contribution < 1.29 is 14.3 Å². The molecule has 1 aliphatic heterocycles. The Kier molecular flexibility index (Phi) is 5.11. The van der Waals surface area contributed by atoms with Crippen LogP contribution in [0.15, 0.2) is 48.8 Å². The number of aromatic nitrogens is 1. The summed E-state index contributed by atoms with van der Waals surface area (Å²) in [5.41, 5.74) is 2.88. The molecule has 0 radical (unpaired) electrons. The Balaban J connectivity index is 1.51. The van der Waals surface area contributed by atoms with Crippen LogP contribution in [0.5, 0.6) is 0 Å². The highest BCUT2D eigenvalue weighted by molar-refractivity contribution is 5.93. The summed E-state index contributed by atoms with van der Waals surface area (Å²) in [5, 5.41) is 11.3. The molecule has 1 aromatic carbocycles. The lowest BCUT2D eigenvalue weighted by molar-refractivity contribution is -0.605. The van der Waals surface area contributed by atoms with Gasteiger partial charge in [0.15, 0.2) is 12.4 Å². The van der Waals surface area contributed by atoms with Crippen LogP contribution in [-0.2, 0) is 11.3 Å². The summed E-state index contributed by atoms with van der Waals surface area (Å²) in [6, 6.07) is 11.5. The lowest BCUT2D eigenvalue weighted by Gasteiger charge is -2.32. The molecule has 1 saturated heterocycles. The SMILES string of the molecule is Cc1ccccc1COC1CCN(C(=O)c2ccc[n+]([O-])c2)CC1. The maximum Gasteiger partial charge on any atom is 0.259 e. The zero-order valence-corrected chi connectivity index (χ0v) is 13.9. The molecule has 2 heterocycles. The molecule has 5 heteroatoms.